The van der Waals surface area contributed by atoms with Crippen molar-refractivity contribution < 1.29 is 13.2 Å². The van der Waals surface area contributed by atoms with E-state index in [0.29, 0.717) is 12.1 Å². The third-order valence-corrected chi connectivity index (χ3v) is 5.25. The molecule has 0 radical (unpaired) electrons. The lowest BCUT2D eigenvalue weighted by Crippen LogP contribution is -2.30. The molecule has 0 saturated carbocycles. The summed E-state index contributed by atoms with van der Waals surface area (Å²) >= 11 is 0. The van der Waals surface area contributed by atoms with E-state index < -0.39 is 10.0 Å². The number of aryl methyl sites for hydroxylation is 1. The maximum absolute atomic E-state index is 12.2. The Labute approximate surface area is 153 Å². The maximum atomic E-state index is 12.2. The molecule has 0 bridgehead atoms. The molecule has 0 saturated heterocycles. The number of benzene rings is 1. The number of amides is 1. The van der Waals surface area contributed by atoms with Crippen LogP contribution in [0.4, 0.5) is 0 Å². The van der Waals surface area contributed by atoms with Crippen LogP contribution in [0, 0.1) is 25.2 Å². The van der Waals surface area contributed by atoms with E-state index in [-0.39, 0.29) is 23.3 Å². The predicted octanol–water partition coefficient (Wildman–Crippen LogP) is 1.17. The summed E-state index contributed by atoms with van der Waals surface area (Å²) in [7, 11) is -3.66. The fourth-order valence-electron chi connectivity index (χ4n) is 2.37. The maximum Gasteiger partial charge on any atom is 0.251 e. The highest BCUT2D eigenvalue weighted by molar-refractivity contribution is 7.89. The average Bonchev–Trinajstić information content (AvgIpc) is 3.02. The number of aromatic nitrogens is 2. The quantitative estimate of drug-likeness (QED) is 0.679. The Morgan fingerprint density at radius 3 is 2.62 bits per heavy atom. The van der Waals surface area contributed by atoms with Gasteiger partial charge >= 0.3 is 0 Å². The molecule has 2 rings (SSSR count). The minimum absolute atomic E-state index is 0.0632. The van der Waals surface area contributed by atoms with Crippen molar-refractivity contribution in [3.05, 3.63) is 48.0 Å². The molecule has 7 nitrogen and oxygen atoms in total. The third-order valence-electron chi connectivity index (χ3n) is 3.83. The van der Waals surface area contributed by atoms with Gasteiger partial charge < -0.3 is 9.88 Å². The first-order valence-electron chi connectivity index (χ1n) is 8.12. The van der Waals surface area contributed by atoms with E-state index in [2.05, 4.69) is 20.9 Å². The highest BCUT2D eigenvalue weighted by Crippen LogP contribution is 2.11. The lowest BCUT2D eigenvalue weighted by atomic mass is 10.1. The number of sulfonamides is 1. The molecule has 1 amide bonds. The van der Waals surface area contributed by atoms with E-state index in [1.165, 1.54) is 24.3 Å². The molecule has 8 heteroatoms. The number of hydrogen-bond acceptors (Lipinski definition) is 4. The van der Waals surface area contributed by atoms with Gasteiger partial charge in [-0.2, -0.15) is 4.72 Å². The summed E-state index contributed by atoms with van der Waals surface area (Å²) in [5.74, 6) is 3.11. The number of carbonyl (C=O) groups excluding carboxylic acids is 1. The second-order valence-electron chi connectivity index (χ2n) is 6.00. The monoisotopic (exact) mass is 374 g/mol. The zero-order valence-corrected chi connectivity index (χ0v) is 15.6. The Bertz CT molecular complexity index is 895. The van der Waals surface area contributed by atoms with Crippen molar-refractivity contribution >= 4 is 15.9 Å². The van der Waals surface area contributed by atoms with Gasteiger partial charge in [0.05, 0.1) is 11.4 Å². The van der Waals surface area contributed by atoms with Crippen LogP contribution in [0.1, 0.15) is 23.1 Å². The molecule has 2 N–H and O–H groups in total. The summed E-state index contributed by atoms with van der Waals surface area (Å²) in [6, 6.07) is 5.72. The summed E-state index contributed by atoms with van der Waals surface area (Å²) in [5, 5.41) is 2.86. The van der Waals surface area contributed by atoms with Gasteiger partial charge in [-0.1, -0.05) is 12.8 Å². The van der Waals surface area contributed by atoms with Gasteiger partial charge in [0, 0.05) is 31.0 Å². The lowest BCUT2D eigenvalue weighted by Gasteiger charge is -2.14. The Morgan fingerprint density at radius 2 is 2.04 bits per heavy atom. The van der Waals surface area contributed by atoms with Gasteiger partial charge in [-0.05, 0) is 37.1 Å². The first-order chi connectivity index (χ1) is 12.3. The van der Waals surface area contributed by atoms with E-state index in [1.54, 1.807) is 6.20 Å². The molecular formula is C18H22N4O3S. The van der Waals surface area contributed by atoms with Gasteiger partial charge in [-0.3, -0.25) is 4.79 Å². The van der Waals surface area contributed by atoms with Crippen LogP contribution in [0.15, 0.2) is 41.6 Å². The summed E-state index contributed by atoms with van der Waals surface area (Å²) in [6.45, 7) is 5.13. The van der Waals surface area contributed by atoms with Gasteiger partial charge in [0.2, 0.25) is 10.0 Å². The second kappa shape index (κ2) is 8.65. The zero-order chi connectivity index (χ0) is 19.2. The summed E-state index contributed by atoms with van der Waals surface area (Å²) in [5.41, 5.74) is 0.395. The van der Waals surface area contributed by atoms with Crippen LogP contribution in [0.2, 0.25) is 0 Å². The standard InChI is InChI=1S/C18H22N4O3S/c1-4-9-21-26(24,25)17-7-5-16(6-8-17)18(23)20-12-14(2)13-22-11-10-19-15(22)3/h1,5-8,10-11,14,21H,9,12-13H2,2-3H3,(H,20,23). The van der Waals surface area contributed by atoms with Gasteiger partial charge in [-0.25, -0.2) is 13.4 Å². The average molecular weight is 374 g/mol. The number of carbonyl (C=O) groups is 1. The molecule has 0 spiro atoms. The van der Waals surface area contributed by atoms with Gasteiger partial charge in [-0.15, -0.1) is 6.42 Å². The molecule has 26 heavy (non-hydrogen) atoms. The first-order valence-corrected chi connectivity index (χ1v) is 9.61. The highest BCUT2D eigenvalue weighted by atomic mass is 32.2. The fourth-order valence-corrected chi connectivity index (χ4v) is 3.31. The van der Waals surface area contributed by atoms with E-state index >= 15 is 0 Å². The van der Waals surface area contributed by atoms with Crippen molar-refractivity contribution in [2.75, 3.05) is 13.1 Å². The Kier molecular flexibility index (Phi) is 6.55. The lowest BCUT2D eigenvalue weighted by molar-refractivity contribution is 0.0946. The number of imidazole rings is 1. The number of hydrogen-bond donors (Lipinski definition) is 2. The molecule has 138 valence electrons. The number of nitrogens with one attached hydrogen (secondary N) is 2. The third kappa shape index (κ3) is 5.18. The van der Waals surface area contributed by atoms with E-state index in [0.717, 1.165) is 12.4 Å². The minimum Gasteiger partial charge on any atom is -0.352 e. The number of terminal acetylenes is 1. The normalized spacial score (nSPS) is 12.3. The van der Waals surface area contributed by atoms with Crippen LogP contribution in [-0.4, -0.2) is 37.0 Å². The molecule has 1 unspecified atom stereocenters. The molecule has 1 atom stereocenters. The molecule has 1 aromatic carbocycles. The highest BCUT2D eigenvalue weighted by Gasteiger charge is 2.14. The largest absolute Gasteiger partial charge is 0.352 e. The van der Waals surface area contributed by atoms with Crippen molar-refractivity contribution in [1.82, 2.24) is 19.6 Å². The molecule has 0 aliphatic rings. The van der Waals surface area contributed by atoms with Crippen molar-refractivity contribution in [2.24, 2.45) is 5.92 Å². The predicted molar refractivity (Wildman–Crippen MR) is 98.9 cm³/mol. The van der Waals surface area contributed by atoms with Crippen LogP contribution in [-0.2, 0) is 16.6 Å². The molecule has 0 aliphatic carbocycles. The molecule has 0 aliphatic heterocycles. The van der Waals surface area contributed by atoms with Crippen LogP contribution in [0.3, 0.4) is 0 Å². The van der Waals surface area contributed by atoms with Crippen LogP contribution >= 0.6 is 0 Å². The summed E-state index contributed by atoms with van der Waals surface area (Å²) in [4.78, 5) is 16.5. The van der Waals surface area contributed by atoms with Gasteiger partial charge in [0.1, 0.15) is 5.82 Å². The number of rotatable bonds is 8. The summed E-state index contributed by atoms with van der Waals surface area (Å²) < 4.78 is 28.2. The zero-order valence-electron chi connectivity index (χ0n) is 14.8. The SMILES string of the molecule is C#CCNS(=O)(=O)c1ccc(C(=O)NCC(C)Cn2ccnc2C)cc1. The van der Waals surface area contributed by atoms with Gasteiger partial charge in [0.25, 0.3) is 5.91 Å². The fraction of sp³-hybridized carbons (Fsp3) is 0.333. The Morgan fingerprint density at radius 1 is 1.35 bits per heavy atom. The molecule has 1 aromatic heterocycles. The van der Waals surface area contributed by atoms with Gasteiger partial charge in [0.15, 0.2) is 0 Å². The minimum atomic E-state index is -3.66. The number of nitrogens with zero attached hydrogens (tertiary/aromatic N) is 2. The van der Waals surface area contributed by atoms with Crippen LogP contribution in [0.5, 0.6) is 0 Å². The Hall–Kier alpha value is -2.63. The smallest absolute Gasteiger partial charge is 0.251 e. The van der Waals surface area contributed by atoms with Crippen molar-refractivity contribution in [1.29, 1.82) is 0 Å². The van der Waals surface area contributed by atoms with Crippen molar-refractivity contribution in [3.8, 4) is 12.3 Å². The molecule has 0 fully saturated rings. The van der Waals surface area contributed by atoms with Crippen LogP contribution < -0.4 is 10.0 Å². The van der Waals surface area contributed by atoms with Crippen molar-refractivity contribution in [2.45, 2.75) is 25.3 Å². The summed E-state index contributed by atoms with van der Waals surface area (Å²) in [6.07, 6.45) is 8.70. The first kappa shape index (κ1) is 19.7. The topological polar surface area (TPSA) is 93.1 Å². The van der Waals surface area contributed by atoms with E-state index in [1.807, 2.05) is 24.6 Å². The van der Waals surface area contributed by atoms with Crippen molar-refractivity contribution in [3.63, 3.8) is 0 Å². The van der Waals surface area contributed by atoms with E-state index in [4.69, 9.17) is 6.42 Å². The van der Waals surface area contributed by atoms with E-state index in [9.17, 15) is 13.2 Å². The second-order valence-corrected chi connectivity index (χ2v) is 7.76. The molecular weight excluding hydrogens is 352 g/mol. The molecule has 2 aromatic rings. The Balaban J connectivity index is 1.91. The molecule has 1 heterocycles. The van der Waals surface area contributed by atoms with Crippen LogP contribution in [0.25, 0.3) is 0 Å².